The average molecular weight is 303 g/mol. The molecule has 0 bridgehead atoms. The highest BCUT2D eigenvalue weighted by atomic mass is 32.2. The molecule has 5 nitrogen and oxygen atoms in total. The number of thiazole rings is 1. The molecule has 108 valence electrons. The van der Waals surface area contributed by atoms with Gasteiger partial charge in [-0.3, -0.25) is 0 Å². The summed E-state index contributed by atoms with van der Waals surface area (Å²) in [6, 6.07) is -0.215. The molecule has 0 radical (unpaired) electrons. The van der Waals surface area contributed by atoms with Crippen LogP contribution in [-0.4, -0.2) is 30.8 Å². The van der Waals surface area contributed by atoms with Crippen LogP contribution >= 0.6 is 11.3 Å². The Labute approximate surface area is 119 Å². The minimum absolute atomic E-state index is 0.215. The Morgan fingerprint density at radius 2 is 2.05 bits per heavy atom. The van der Waals surface area contributed by atoms with Crippen LogP contribution in [0.2, 0.25) is 0 Å². The molecule has 1 atom stereocenters. The lowest BCUT2D eigenvalue weighted by atomic mass is 10.2. The van der Waals surface area contributed by atoms with Gasteiger partial charge in [0.25, 0.3) is 10.2 Å². The molecule has 7 heteroatoms. The van der Waals surface area contributed by atoms with Gasteiger partial charge < -0.3 is 0 Å². The van der Waals surface area contributed by atoms with E-state index in [1.807, 2.05) is 12.3 Å². The van der Waals surface area contributed by atoms with E-state index in [4.69, 9.17) is 0 Å². The van der Waals surface area contributed by atoms with Crippen molar-refractivity contribution in [1.29, 1.82) is 0 Å². The maximum atomic E-state index is 12.4. The zero-order chi connectivity index (χ0) is 13.7. The third kappa shape index (κ3) is 3.98. The summed E-state index contributed by atoms with van der Waals surface area (Å²) >= 11 is 1.49. The van der Waals surface area contributed by atoms with E-state index >= 15 is 0 Å². The standard InChI is InChI=1S/C12H21N3O2S2/c1-2-11(12-13-7-10-18-12)14-19(16,17)15-8-5-3-4-6-9-15/h7,10-11,14H,2-6,8-9H2,1H3. The summed E-state index contributed by atoms with van der Waals surface area (Å²) < 4.78 is 29.2. The molecule has 1 aromatic rings. The van der Waals surface area contributed by atoms with E-state index in [0.717, 1.165) is 30.7 Å². The van der Waals surface area contributed by atoms with Crippen molar-refractivity contribution in [3.63, 3.8) is 0 Å². The fourth-order valence-electron chi connectivity index (χ4n) is 2.25. The highest BCUT2D eigenvalue weighted by Crippen LogP contribution is 2.21. The van der Waals surface area contributed by atoms with Crippen LogP contribution in [0, 0.1) is 0 Å². The second kappa shape index (κ2) is 6.78. The van der Waals surface area contributed by atoms with E-state index in [-0.39, 0.29) is 6.04 Å². The van der Waals surface area contributed by atoms with E-state index in [1.54, 1.807) is 10.5 Å². The Kier molecular flexibility index (Phi) is 5.32. The first-order valence-corrected chi connectivity index (χ1v) is 9.12. The molecule has 0 amide bonds. The molecule has 2 rings (SSSR count). The van der Waals surface area contributed by atoms with Gasteiger partial charge in [0.1, 0.15) is 5.01 Å². The fraction of sp³-hybridized carbons (Fsp3) is 0.750. The lowest BCUT2D eigenvalue weighted by Crippen LogP contribution is -2.42. The van der Waals surface area contributed by atoms with Crippen molar-refractivity contribution < 1.29 is 8.42 Å². The van der Waals surface area contributed by atoms with Gasteiger partial charge >= 0.3 is 0 Å². The highest BCUT2D eigenvalue weighted by molar-refractivity contribution is 7.87. The molecule has 19 heavy (non-hydrogen) atoms. The van der Waals surface area contributed by atoms with Crippen molar-refractivity contribution >= 4 is 21.5 Å². The first-order valence-electron chi connectivity index (χ1n) is 6.80. The molecule has 2 heterocycles. The third-order valence-corrected chi connectivity index (χ3v) is 5.87. The van der Waals surface area contributed by atoms with Crippen LogP contribution < -0.4 is 4.72 Å². The number of rotatable bonds is 5. The molecule has 0 saturated carbocycles. The van der Waals surface area contributed by atoms with Crippen LogP contribution in [-0.2, 0) is 10.2 Å². The molecule has 1 aliphatic rings. The number of aromatic nitrogens is 1. The molecule has 1 fully saturated rings. The Hall–Kier alpha value is -0.500. The smallest absolute Gasteiger partial charge is 0.248 e. The van der Waals surface area contributed by atoms with Gasteiger partial charge in [-0.25, -0.2) is 4.98 Å². The molecule has 0 aliphatic carbocycles. The van der Waals surface area contributed by atoms with E-state index in [1.165, 1.54) is 11.3 Å². The monoisotopic (exact) mass is 303 g/mol. The van der Waals surface area contributed by atoms with Crippen LogP contribution in [0.15, 0.2) is 11.6 Å². The first kappa shape index (κ1) is 14.9. The normalized spacial score (nSPS) is 20.1. The second-order valence-corrected chi connectivity index (χ2v) is 7.40. The van der Waals surface area contributed by atoms with E-state index in [2.05, 4.69) is 9.71 Å². The fourth-order valence-corrected chi connectivity index (χ4v) is 4.62. The summed E-state index contributed by atoms with van der Waals surface area (Å²) in [6.07, 6.45) is 6.57. The van der Waals surface area contributed by atoms with E-state index in [0.29, 0.717) is 19.5 Å². The van der Waals surface area contributed by atoms with Crippen molar-refractivity contribution in [2.45, 2.75) is 45.1 Å². The molecule has 1 unspecified atom stereocenters. The topological polar surface area (TPSA) is 62.3 Å². The molecule has 1 saturated heterocycles. The van der Waals surface area contributed by atoms with Crippen molar-refractivity contribution in [1.82, 2.24) is 14.0 Å². The molecule has 0 spiro atoms. The van der Waals surface area contributed by atoms with Crippen LogP contribution in [0.1, 0.15) is 50.1 Å². The molecule has 1 N–H and O–H groups in total. The van der Waals surface area contributed by atoms with Gasteiger partial charge in [-0.05, 0) is 19.3 Å². The average Bonchev–Trinajstić information content (AvgIpc) is 2.77. The lowest BCUT2D eigenvalue weighted by molar-refractivity contribution is 0.406. The van der Waals surface area contributed by atoms with Gasteiger partial charge in [-0.15, -0.1) is 11.3 Å². The van der Waals surface area contributed by atoms with Crippen LogP contribution in [0.25, 0.3) is 0 Å². The number of hydrogen-bond donors (Lipinski definition) is 1. The van der Waals surface area contributed by atoms with Gasteiger partial charge in [0.05, 0.1) is 6.04 Å². The van der Waals surface area contributed by atoms with Gasteiger partial charge in [-0.1, -0.05) is 19.8 Å². The van der Waals surface area contributed by atoms with Crippen molar-refractivity contribution in [3.8, 4) is 0 Å². The van der Waals surface area contributed by atoms with Crippen molar-refractivity contribution in [2.24, 2.45) is 0 Å². The highest BCUT2D eigenvalue weighted by Gasteiger charge is 2.26. The maximum Gasteiger partial charge on any atom is 0.280 e. The maximum absolute atomic E-state index is 12.4. The van der Waals surface area contributed by atoms with Crippen LogP contribution in [0.3, 0.4) is 0 Å². The second-order valence-electron chi connectivity index (χ2n) is 4.77. The summed E-state index contributed by atoms with van der Waals surface area (Å²) in [4.78, 5) is 4.21. The summed E-state index contributed by atoms with van der Waals surface area (Å²) in [5.74, 6) is 0. The minimum Gasteiger partial charge on any atom is -0.248 e. The Bertz CT molecular complexity index is 465. The predicted octanol–water partition coefficient (Wildman–Crippen LogP) is 2.30. The largest absolute Gasteiger partial charge is 0.280 e. The van der Waals surface area contributed by atoms with Crippen LogP contribution in [0.5, 0.6) is 0 Å². The quantitative estimate of drug-likeness (QED) is 0.908. The van der Waals surface area contributed by atoms with Crippen molar-refractivity contribution in [2.75, 3.05) is 13.1 Å². The predicted molar refractivity (Wildman–Crippen MR) is 77.2 cm³/mol. The van der Waals surface area contributed by atoms with Gasteiger partial charge in [0.15, 0.2) is 0 Å². The Balaban J connectivity index is 2.06. The number of hydrogen-bond acceptors (Lipinski definition) is 4. The van der Waals surface area contributed by atoms with Gasteiger partial charge in [-0.2, -0.15) is 17.4 Å². The molecule has 1 aliphatic heterocycles. The van der Waals surface area contributed by atoms with Crippen molar-refractivity contribution in [3.05, 3.63) is 16.6 Å². The summed E-state index contributed by atoms with van der Waals surface area (Å²) in [5.41, 5.74) is 0. The molecule has 1 aromatic heterocycles. The lowest BCUT2D eigenvalue weighted by Gasteiger charge is -2.23. The first-order chi connectivity index (χ1) is 9.13. The molecular formula is C12H21N3O2S2. The van der Waals surface area contributed by atoms with E-state index < -0.39 is 10.2 Å². The molecular weight excluding hydrogens is 282 g/mol. The SMILES string of the molecule is CCC(NS(=O)(=O)N1CCCCCC1)c1nccs1. The number of nitrogens with one attached hydrogen (secondary N) is 1. The van der Waals surface area contributed by atoms with Crippen LogP contribution in [0.4, 0.5) is 0 Å². The summed E-state index contributed by atoms with van der Waals surface area (Å²) in [7, 11) is -3.39. The third-order valence-electron chi connectivity index (χ3n) is 3.35. The summed E-state index contributed by atoms with van der Waals surface area (Å²) in [5, 5.41) is 2.71. The van der Waals surface area contributed by atoms with E-state index in [9.17, 15) is 8.42 Å². The Morgan fingerprint density at radius 3 is 2.58 bits per heavy atom. The zero-order valence-corrected chi connectivity index (χ0v) is 12.8. The Morgan fingerprint density at radius 1 is 1.37 bits per heavy atom. The molecule has 0 aromatic carbocycles. The summed E-state index contributed by atoms with van der Waals surface area (Å²) in [6.45, 7) is 3.23. The minimum atomic E-state index is -3.39. The van der Waals surface area contributed by atoms with Gasteiger partial charge in [0, 0.05) is 24.7 Å². The zero-order valence-electron chi connectivity index (χ0n) is 11.2. The van der Waals surface area contributed by atoms with Gasteiger partial charge in [0.2, 0.25) is 0 Å². The number of nitrogens with zero attached hydrogens (tertiary/aromatic N) is 2.